The van der Waals surface area contributed by atoms with Crippen molar-refractivity contribution in [2.24, 2.45) is 0 Å². The number of rotatable bonds is 0. The first-order valence-electron chi connectivity index (χ1n) is 3.25. The summed E-state index contributed by atoms with van der Waals surface area (Å²) in [6, 6.07) is 0. The summed E-state index contributed by atoms with van der Waals surface area (Å²) in [5.74, 6) is -0.190. The van der Waals surface area contributed by atoms with Gasteiger partial charge >= 0.3 is 0 Å². The minimum absolute atomic E-state index is 0.138. The third-order valence-electron chi connectivity index (χ3n) is 1.53. The van der Waals surface area contributed by atoms with E-state index in [0.29, 0.717) is 10.3 Å². The SMILES string of the molecule is O=C1CC(=O)n2ncc(Br)c2N1. The van der Waals surface area contributed by atoms with Gasteiger partial charge in [0.1, 0.15) is 6.42 Å². The van der Waals surface area contributed by atoms with E-state index in [4.69, 9.17) is 0 Å². The molecule has 12 heavy (non-hydrogen) atoms. The molecule has 0 aliphatic carbocycles. The molecule has 0 fully saturated rings. The lowest BCUT2D eigenvalue weighted by atomic mass is 10.3. The molecule has 1 aromatic rings. The lowest BCUT2D eigenvalue weighted by molar-refractivity contribution is -0.115. The molecule has 0 radical (unpaired) electrons. The molecule has 2 rings (SSSR count). The lowest BCUT2D eigenvalue weighted by Gasteiger charge is -2.12. The zero-order valence-electron chi connectivity index (χ0n) is 5.87. The molecule has 2 heterocycles. The number of anilines is 1. The van der Waals surface area contributed by atoms with Crippen molar-refractivity contribution < 1.29 is 9.59 Å². The van der Waals surface area contributed by atoms with Crippen LogP contribution in [-0.2, 0) is 4.79 Å². The van der Waals surface area contributed by atoms with E-state index in [2.05, 4.69) is 26.3 Å². The van der Waals surface area contributed by atoms with Crippen molar-refractivity contribution in [2.45, 2.75) is 6.42 Å². The van der Waals surface area contributed by atoms with Crippen LogP contribution in [0.25, 0.3) is 0 Å². The molecule has 1 aliphatic rings. The van der Waals surface area contributed by atoms with E-state index in [1.165, 1.54) is 10.9 Å². The molecule has 6 heteroatoms. The highest BCUT2D eigenvalue weighted by molar-refractivity contribution is 9.10. The molecule has 1 N–H and O–H groups in total. The van der Waals surface area contributed by atoms with Crippen LogP contribution in [0.5, 0.6) is 0 Å². The Morgan fingerprint density at radius 2 is 2.33 bits per heavy atom. The van der Waals surface area contributed by atoms with Crippen LogP contribution in [0, 0.1) is 0 Å². The Labute approximate surface area is 75.9 Å². The molecule has 0 bridgehead atoms. The van der Waals surface area contributed by atoms with Gasteiger partial charge in [-0.15, -0.1) is 0 Å². The highest BCUT2D eigenvalue weighted by Gasteiger charge is 2.24. The Kier molecular flexibility index (Phi) is 1.50. The van der Waals surface area contributed by atoms with Crippen LogP contribution < -0.4 is 5.32 Å². The summed E-state index contributed by atoms with van der Waals surface area (Å²) >= 11 is 3.16. The minimum atomic E-state index is -0.306. The van der Waals surface area contributed by atoms with Gasteiger partial charge in [0.25, 0.3) is 5.91 Å². The molecular weight excluding hydrogens is 226 g/mol. The van der Waals surface area contributed by atoms with Crippen molar-refractivity contribution in [1.82, 2.24) is 9.78 Å². The normalized spacial score (nSPS) is 15.8. The van der Waals surface area contributed by atoms with E-state index >= 15 is 0 Å². The second-order valence-corrected chi connectivity index (χ2v) is 3.23. The molecule has 0 unspecified atom stereocenters. The van der Waals surface area contributed by atoms with Gasteiger partial charge in [0.05, 0.1) is 10.7 Å². The molecular formula is C6H4BrN3O2. The van der Waals surface area contributed by atoms with Crippen LogP contribution in [0.15, 0.2) is 10.7 Å². The highest BCUT2D eigenvalue weighted by Crippen LogP contribution is 2.24. The number of halogens is 1. The first-order chi connectivity index (χ1) is 5.68. The number of amides is 1. The average molecular weight is 230 g/mol. The Bertz CT molecular complexity index is 371. The Morgan fingerprint density at radius 3 is 3.08 bits per heavy atom. The van der Waals surface area contributed by atoms with E-state index in [1.54, 1.807) is 0 Å². The van der Waals surface area contributed by atoms with Crippen LogP contribution in [-0.4, -0.2) is 21.6 Å². The zero-order valence-corrected chi connectivity index (χ0v) is 7.46. The molecule has 1 aromatic heterocycles. The summed E-state index contributed by atoms with van der Waals surface area (Å²) in [5, 5.41) is 6.31. The second kappa shape index (κ2) is 2.41. The van der Waals surface area contributed by atoms with E-state index in [0.717, 1.165) is 0 Å². The minimum Gasteiger partial charge on any atom is -0.309 e. The smallest absolute Gasteiger partial charge is 0.258 e. The van der Waals surface area contributed by atoms with Crippen molar-refractivity contribution in [3.63, 3.8) is 0 Å². The van der Waals surface area contributed by atoms with Gasteiger partial charge in [0.2, 0.25) is 5.91 Å². The number of fused-ring (bicyclic) bond motifs is 1. The predicted octanol–water partition coefficient (Wildman–Crippen LogP) is 0.628. The van der Waals surface area contributed by atoms with Crippen LogP contribution in [0.3, 0.4) is 0 Å². The molecule has 5 nitrogen and oxygen atoms in total. The molecule has 0 spiro atoms. The van der Waals surface area contributed by atoms with Gasteiger partial charge < -0.3 is 5.32 Å². The van der Waals surface area contributed by atoms with Gasteiger partial charge in [-0.25, -0.2) is 0 Å². The summed E-state index contributed by atoms with van der Waals surface area (Å²) in [5.41, 5.74) is 0. The number of hydrogen-bond donors (Lipinski definition) is 1. The van der Waals surface area contributed by atoms with Crippen molar-refractivity contribution in [2.75, 3.05) is 5.32 Å². The van der Waals surface area contributed by atoms with Crippen LogP contribution >= 0.6 is 15.9 Å². The quantitative estimate of drug-likeness (QED) is 0.664. The number of carbonyl (C=O) groups is 2. The van der Waals surface area contributed by atoms with Crippen molar-refractivity contribution >= 4 is 33.6 Å². The maximum absolute atomic E-state index is 11.1. The fraction of sp³-hybridized carbons (Fsp3) is 0.167. The Hall–Kier alpha value is -1.17. The van der Waals surface area contributed by atoms with Crippen LogP contribution in [0.2, 0.25) is 0 Å². The van der Waals surface area contributed by atoms with Gasteiger partial charge in [-0.3, -0.25) is 9.59 Å². The largest absolute Gasteiger partial charge is 0.309 e. The number of aromatic nitrogens is 2. The molecule has 1 aliphatic heterocycles. The topological polar surface area (TPSA) is 64.0 Å². The summed E-state index contributed by atoms with van der Waals surface area (Å²) in [6.07, 6.45) is 1.33. The van der Waals surface area contributed by atoms with Crippen molar-refractivity contribution in [3.8, 4) is 0 Å². The monoisotopic (exact) mass is 229 g/mol. The van der Waals surface area contributed by atoms with E-state index in [-0.39, 0.29) is 18.2 Å². The summed E-state index contributed by atoms with van der Waals surface area (Å²) in [7, 11) is 0. The Balaban J connectivity index is 2.57. The predicted molar refractivity (Wildman–Crippen MR) is 43.8 cm³/mol. The molecule has 1 amide bonds. The van der Waals surface area contributed by atoms with E-state index in [9.17, 15) is 9.59 Å². The fourth-order valence-electron chi connectivity index (χ4n) is 1.02. The van der Waals surface area contributed by atoms with Crippen LogP contribution in [0.1, 0.15) is 11.2 Å². The fourth-order valence-corrected chi connectivity index (χ4v) is 1.38. The molecule has 0 atom stereocenters. The number of hydrogen-bond acceptors (Lipinski definition) is 3. The third kappa shape index (κ3) is 0.953. The third-order valence-corrected chi connectivity index (χ3v) is 2.11. The second-order valence-electron chi connectivity index (χ2n) is 2.37. The first kappa shape index (κ1) is 7.48. The molecule has 62 valence electrons. The van der Waals surface area contributed by atoms with Gasteiger partial charge in [-0.05, 0) is 15.9 Å². The van der Waals surface area contributed by atoms with Crippen LogP contribution in [0.4, 0.5) is 5.82 Å². The first-order valence-corrected chi connectivity index (χ1v) is 4.04. The Morgan fingerprint density at radius 1 is 1.58 bits per heavy atom. The maximum Gasteiger partial charge on any atom is 0.258 e. The highest BCUT2D eigenvalue weighted by atomic mass is 79.9. The van der Waals surface area contributed by atoms with Gasteiger partial charge in [0, 0.05) is 0 Å². The van der Waals surface area contributed by atoms with Crippen molar-refractivity contribution in [1.29, 1.82) is 0 Å². The summed E-state index contributed by atoms with van der Waals surface area (Å²) in [6.45, 7) is 0. The van der Waals surface area contributed by atoms with Crippen molar-refractivity contribution in [3.05, 3.63) is 10.7 Å². The number of carbonyl (C=O) groups excluding carboxylic acids is 2. The standard InChI is InChI=1S/C6H4BrN3O2/c7-3-2-8-10-5(12)1-4(11)9-6(3)10/h2H,1H2,(H,9,11). The molecule has 0 saturated carbocycles. The number of nitrogens with one attached hydrogen (secondary N) is 1. The average Bonchev–Trinajstić information content (AvgIpc) is 2.33. The van der Waals surface area contributed by atoms with Gasteiger partial charge in [-0.1, -0.05) is 0 Å². The number of nitrogens with zero attached hydrogens (tertiary/aromatic N) is 2. The molecule has 0 aromatic carbocycles. The molecule has 0 saturated heterocycles. The maximum atomic E-state index is 11.1. The van der Waals surface area contributed by atoms with E-state index < -0.39 is 0 Å². The van der Waals surface area contributed by atoms with E-state index in [1.807, 2.05) is 0 Å². The van der Waals surface area contributed by atoms with Gasteiger partial charge in [0.15, 0.2) is 5.82 Å². The lowest BCUT2D eigenvalue weighted by Crippen LogP contribution is -2.29. The summed E-state index contributed by atoms with van der Waals surface area (Å²) < 4.78 is 1.79. The summed E-state index contributed by atoms with van der Waals surface area (Å²) in [4.78, 5) is 22.0. The van der Waals surface area contributed by atoms with Gasteiger partial charge in [-0.2, -0.15) is 9.78 Å². The zero-order chi connectivity index (χ0) is 8.72.